The maximum Gasteiger partial charge on any atom is 0.251 e. The normalized spacial score (nSPS) is 13.1. The second-order valence-electron chi connectivity index (χ2n) is 7.46. The van der Waals surface area contributed by atoms with Crippen molar-refractivity contribution in [3.63, 3.8) is 0 Å². The zero-order chi connectivity index (χ0) is 20.9. The Labute approximate surface area is 176 Å². The summed E-state index contributed by atoms with van der Waals surface area (Å²) in [5.41, 5.74) is 3.17. The zero-order valence-electron chi connectivity index (χ0n) is 17.3. The van der Waals surface area contributed by atoms with Crippen LogP contribution >= 0.6 is 0 Å². The quantitative estimate of drug-likeness (QED) is 0.561. The summed E-state index contributed by atoms with van der Waals surface area (Å²) in [6.45, 7) is 3.02. The van der Waals surface area contributed by atoms with Crippen LogP contribution in [0.5, 0.6) is 11.5 Å². The van der Waals surface area contributed by atoms with E-state index in [1.807, 2.05) is 49.4 Å². The van der Waals surface area contributed by atoms with Gasteiger partial charge in [0.15, 0.2) is 11.5 Å². The van der Waals surface area contributed by atoms with Crippen molar-refractivity contribution in [1.82, 2.24) is 10.3 Å². The molecule has 1 aliphatic rings. The number of aromatic nitrogens is 1. The molecular formula is C24H26N2O4. The molecule has 6 nitrogen and oxygen atoms in total. The van der Waals surface area contributed by atoms with Crippen LogP contribution in [0.3, 0.4) is 0 Å². The fraction of sp³-hybridized carbons (Fsp3) is 0.333. The Hall–Kier alpha value is -3.28. The lowest BCUT2D eigenvalue weighted by Gasteiger charge is -2.11. The van der Waals surface area contributed by atoms with Gasteiger partial charge in [-0.15, -0.1) is 0 Å². The van der Waals surface area contributed by atoms with E-state index in [9.17, 15) is 4.79 Å². The van der Waals surface area contributed by atoms with Gasteiger partial charge in [0, 0.05) is 11.1 Å². The van der Waals surface area contributed by atoms with Crippen molar-refractivity contribution in [2.75, 3.05) is 13.7 Å². The fourth-order valence-corrected chi connectivity index (χ4v) is 3.25. The van der Waals surface area contributed by atoms with E-state index in [0.717, 1.165) is 17.5 Å². The van der Waals surface area contributed by atoms with E-state index in [1.54, 1.807) is 13.4 Å². The van der Waals surface area contributed by atoms with E-state index in [0.29, 0.717) is 47.7 Å². The molecule has 1 heterocycles. The second-order valence-corrected chi connectivity index (χ2v) is 7.46. The third-order valence-corrected chi connectivity index (χ3v) is 5.21. The first-order valence-electron chi connectivity index (χ1n) is 10.3. The van der Waals surface area contributed by atoms with E-state index < -0.39 is 0 Å². The molecule has 1 aliphatic carbocycles. The van der Waals surface area contributed by atoms with Crippen LogP contribution in [0.4, 0.5) is 0 Å². The molecule has 4 rings (SSSR count). The predicted molar refractivity (Wildman–Crippen MR) is 114 cm³/mol. The van der Waals surface area contributed by atoms with Crippen LogP contribution in [-0.2, 0) is 13.0 Å². The number of nitrogens with one attached hydrogen (secondary N) is 1. The molecule has 6 heteroatoms. The SMILES string of the molecule is CCc1ccccc1C(=O)NCc1coc(-c2ccc(OC)c(OCC3CC3)c2)n1. The van der Waals surface area contributed by atoms with Crippen LogP contribution in [0, 0.1) is 5.92 Å². The summed E-state index contributed by atoms with van der Waals surface area (Å²) in [5.74, 6) is 2.39. The van der Waals surface area contributed by atoms with E-state index in [1.165, 1.54) is 12.8 Å². The number of ether oxygens (including phenoxy) is 2. The Balaban J connectivity index is 1.43. The van der Waals surface area contributed by atoms with E-state index >= 15 is 0 Å². The summed E-state index contributed by atoms with van der Waals surface area (Å²) >= 11 is 0. The topological polar surface area (TPSA) is 73.6 Å². The van der Waals surface area contributed by atoms with Crippen LogP contribution in [0.25, 0.3) is 11.5 Å². The Morgan fingerprint density at radius 3 is 2.80 bits per heavy atom. The van der Waals surface area contributed by atoms with E-state index in [4.69, 9.17) is 13.9 Å². The minimum absolute atomic E-state index is 0.114. The van der Waals surface area contributed by atoms with Gasteiger partial charge in [-0.3, -0.25) is 4.79 Å². The lowest BCUT2D eigenvalue weighted by molar-refractivity contribution is 0.0949. The highest BCUT2D eigenvalue weighted by atomic mass is 16.5. The summed E-state index contributed by atoms with van der Waals surface area (Å²) in [5, 5.41) is 2.92. The van der Waals surface area contributed by atoms with Gasteiger partial charge >= 0.3 is 0 Å². The Bertz CT molecular complexity index is 1020. The number of aryl methyl sites for hydroxylation is 1. The van der Waals surface area contributed by atoms with Crippen molar-refractivity contribution in [1.29, 1.82) is 0 Å². The highest BCUT2D eigenvalue weighted by Crippen LogP contribution is 2.35. The summed E-state index contributed by atoms with van der Waals surface area (Å²) in [6.07, 6.45) is 4.82. The van der Waals surface area contributed by atoms with Gasteiger partial charge in [0.05, 0.1) is 26.0 Å². The van der Waals surface area contributed by atoms with Gasteiger partial charge in [0.25, 0.3) is 5.91 Å². The summed E-state index contributed by atoms with van der Waals surface area (Å²) < 4.78 is 17.0. The van der Waals surface area contributed by atoms with E-state index in [2.05, 4.69) is 10.3 Å². The summed E-state index contributed by atoms with van der Waals surface area (Å²) in [7, 11) is 1.63. The number of oxazole rings is 1. The Morgan fingerprint density at radius 2 is 2.03 bits per heavy atom. The largest absolute Gasteiger partial charge is 0.493 e. The first-order chi connectivity index (χ1) is 14.7. The fourth-order valence-electron chi connectivity index (χ4n) is 3.25. The van der Waals surface area contributed by atoms with Gasteiger partial charge in [-0.25, -0.2) is 4.98 Å². The Morgan fingerprint density at radius 1 is 1.20 bits per heavy atom. The smallest absolute Gasteiger partial charge is 0.251 e. The summed E-state index contributed by atoms with van der Waals surface area (Å²) in [4.78, 5) is 17.0. The first kappa shape index (κ1) is 20.0. The maximum atomic E-state index is 12.5. The average molecular weight is 406 g/mol. The number of carbonyl (C=O) groups excluding carboxylic acids is 1. The number of rotatable bonds is 9. The summed E-state index contributed by atoms with van der Waals surface area (Å²) in [6, 6.07) is 13.2. The molecule has 0 spiro atoms. The number of hydrogen-bond acceptors (Lipinski definition) is 5. The molecule has 0 radical (unpaired) electrons. The van der Waals surface area contributed by atoms with Crippen LogP contribution in [0.1, 0.15) is 41.4 Å². The third kappa shape index (κ3) is 4.64. The third-order valence-electron chi connectivity index (χ3n) is 5.21. The van der Waals surface area contributed by atoms with Crippen molar-refractivity contribution in [2.45, 2.75) is 32.7 Å². The molecule has 1 N–H and O–H groups in total. The van der Waals surface area contributed by atoms with E-state index in [-0.39, 0.29) is 5.91 Å². The highest BCUT2D eigenvalue weighted by molar-refractivity contribution is 5.95. The van der Waals surface area contributed by atoms with Crippen molar-refractivity contribution in [3.05, 3.63) is 65.5 Å². The molecule has 0 unspecified atom stereocenters. The van der Waals surface area contributed by atoms with Gasteiger partial charge in [-0.1, -0.05) is 25.1 Å². The molecule has 0 atom stereocenters. The monoisotopic (exact) mass is 406 g/mol. The molecule has 30 heavy (non-hydrogen) atoms. The van der Waals surface area contributed by atoms with Crippen LogP contribution in [-0.4, -0.2) is 24.6 Å². The maximum absolute atomic E-state index is 12.5. The van der Waals surface area contributed by atoms with Crippen LogP contribution in [0.15, 0.2) is 53.1 Å². The number of nitrogens with zero attached hydrogens (tertiary/aromatic N) is 1. The van der Waals surface area contributed by atoms with Crippen molar-refractivity contribution in [3.8, 4) is 23.0 Å². The number of methoxy groups -OCH3 is 1. The zero-order valence-corrected chi connectivity index (χ0v) is 17.3. The molecule has 2 aromatic carbocycles. The minimum Gasteiger partial charge on any atom is -0.493 e. The molecule has 0 saturated heterocycles. The number of carbonyl (C=O) groups is 1. The first-order valence-corrected chi connectivity index (χ1v) is 10.3. The predicted octanol–water partition coefficient (Wildman–Crippen LogP) is 4.63. The average Bonchev–Trinajstić information content (AvgIpc) is 3.50. The lowest BCUT2D eigenvalue weighted by atomic mass is 10.0. The van der Waals surface area contributed by atoms with Gasteiger partial charge in [0.1, 0.15) is 6.26 Å². The number of hydrogen-bond donors (Lipinski definition) is 1. The van der Waals surface area contributed by atoms with Gasteiger partial charge in [-0.2, -0.15) is 0 Å². The lowest BCUT2D eigenvalue weighted by Crippen LogP contribution is -2.24. The Kier molecular flexibility index (Phi) is 6.02. The second kappa shape index (κ2) is 9.03. The highest BCUT2D eigenvalue weighted by Gasteiger charge is 2.23. The molecule has 1 fully saturated rings. The minimum atomic E-state index is -0.114. The molecule has 156 valence electrons. The molecule has 0 bridgehead atoms. The standard InChI is InChI=1S/C24H26N2O4/c1-3-17-6-4-5-7-20(17)23(27)25-13-19-15-30-24(26-19)18-10-11-21(28-2)22(12-18)29-14-16-8-9-16/h4-7,10-12,15-16H,3,8-9,13-14H2,1-2H3,(H,25,27). The molecule has 1 amide bonds. The molecule has 1 saturated carbocycles. The van der Waals surface area contributed by atoms with Gasteiger partial charge in [0.2, 0.25) is 5.89 Å². The molecule has 1 aromatic heterocycles. The number of amides is 1. The van der Waals surface area contributed by atoms with Crippen molar-refractivity contribution in [2.24, 2.45) is 5.92 Å². The van der Waals surface area contributed by atoms with Crippen molar-refractivity contribution >= 4 is 5.91 Å². The van der Waals surface area contributed by atoms with Crippen molar-refractivity contribution < 1.29 is 18.7 Å². The number of benzene rings is 2. The van der Waals surface area contributed by atoms with Crippen LogP contribution in [0.2, 0.25) is 0 Å². The van der Waals surface area contributed by atoms with Gasteiger partial charge in [-0.05, 0) is 55.0 Å². The van der Waals surface area contributed by atoms with Gasteiger partial charge < -0.3 is 19.2 Å². The molecular weight excluding hydrogens is 380 g/mol. The van der Waals surface area contributed by atoms with Crippen LogP contribution < -0.4 is 14.8 Å². The molecule has 0 aliphatic heterocycles. The molecule has 3 aromatic rings.